The summed E-state index contributed by atoms with van der Waals surface area (Å²) in [5.74, 6) is 0. The second kappa shape index (κ2) is 9.36. The van der Waals surface area contributed by atoms with Gasteiger partial charge in [-0.15, -0.1) is 0 Å². The van der Waals surface area contributed by atoms with E-state index in [2.05, 4.69) is 12.2 Å². The van der Waals surface area contributed by atoms with Gasteiger partial charge in [0.25, 0.3) is 0 Å². The molecule has 0 atom stereocenters. The van der Waals surface area contributed by atoms with Crippen LogP contribution in [0, 0.1) is 0 Å². The highest BCUT2D eigenvalue weighted by molar-refractivity contribution is 5.63. The van der Waals surface area contributed by atoms with Gasteiger partial charge in [-0.05, 0) is 6.42 Å². The van der Waals surface area contributed by atoms with Gasteiger partial charge in [-0.25, -0.2) is 10.1 Å². The van der Waals surface area contributed by atoms with Crippen LogP contribution in [0.3, 0.4) is 0 Å². The van der Waals surface area contributed by atoms with Gasteiger partial charge in [-0.1, -0.05) is 45.4 Å². The highest BCUT2D eigenvalue weighted by atomic mass is 16.4. The molecule has 0 spiro atoms. The highest BCUT2D eigenvalue weighted by Crippen LogP contribution is 2.06. The van der Waals surface area contributed by atoms with Crippen LogP contribution in [0.4, 0.5) is 4.79 Å². The SMILES string of the molecule is CCCCCCCCC[N]C(=O)O. The Kier molecular flexibility index (Phi) is 8.83. The van der Waals surface area contributed by atoms with E-state index in [0.29, 0.717) is 6.54 Å². The topological polar surface area (TPSA) is 51.4 Å². The van der Waals surface area contributed by atoms with E-state index >= 15 is 0 Å². The first-order valence-electron chi connectivity index (χ1n) is 5.17. The first-order valence-corrected chi connectivity index (χ1v) is 5.17. The van der Waals surface area contributed by atoms with Gasteiger partial charge in [0.05, 0.1) is 0 Å². The largest absolute Gasteiger partial charge is 0.464 e. The van der Waals surface area contributed by atoms with Crippen LogP contribution in [-0.2, 0) is 0 Å². The van der Waals surface area contributed by atoms with Crippen molar-refractivity contribution in [1.29, 1.82) is 0 Å². The zero-order valence-electron chi connectivity index (χ0n) is 8.46. The van der Waals surface area contributed by atoms with Gasteiger partial charge in [0, 0.05) is 6.54 Å². The number of hydrogen-bond acceptors (Lipinski definition) is 1. The van der Waals surface area contributed by atoms with Crippen molar-refractivity contribution in [2.24, 2.45) is 0 Å². The number of amides is 1. The summed E-state index contributed by atoms with van der Waals surface area (Å²) < 4.78 is 0. The third-order valence-corrected chi connectivity index (χ3v) is 2.01. The highest BCUT2D eigenvalue weighted by Gasteiger charge is 1.95. The van der Waals surface area contributed by atoms with Gasteiger partial charge in [-0.2, -0.15) is 0 Å². The van der Waals surface area contributed by atoms with Crippen molar-refractivity contribution < 1.29 is 9.90 Å². The van der Waals surface area contributed by atoms with Crippen molar-refractivity contribution in [3.8, 4) is 0 Å². The molecule has 0 fully saturated rings. The van der Waals surface area contributed by atoms with Gasteiger partial charge in [0.15, 0.2) is 0 Å². The Balaban J connectivity index is 2.87. The fraction of sp³-hybridized carbons (Fsp3) is 0.900. The fourth-order valence-corrected chi connectivity index (χ4v) is 1.24. The Bertz CT molecular complexity index is 126. The predicted molar refractivity (Wildman–Crippen MR) is 53.0 cm³/mol. The number of unbranched alkanes of at least 4 members (excludes halogenated alkanes) is 6. The minimum Gasteiger partial charge on any atom is -0.464 e. The second-order valence-corrected chi connectivity index (χ2v) is 3.29. The monoisotopic (exact) mass is 186 g/mol. The predicted octanol–water partition coefficient (Wildman–Crippen LogP) is 3.02. The normalized spacial score (nSPS) is 9.92. The van der Waals surface area contributed by atoms with Crippen molar-refractivity contribution in [2.45, 2.75) is 51.9 Å². The molecule has 0 aliphatic rings. The molecule has 0 aromatic rings. The number of nitrogens with zero attached hydrogens (tertiary/aromatic N) is 1. The third-order valence-electron chi connectivity index (χ3n) is 2.01. The summed E-state index contributed by atoms with van der Waals surface area (Å²) in [6, 6.07) is 0. The summed E-state index contributed by atoms with van der Waals surface area (Å²) >= 11 is 0. The van der Waals surface area contributed by atoms with Gasteiger partial charge in [0.1, 0.15) is 0 Å². The molecule has 0 heterocycles. The minimum absolute atomic E-state index is 0.475. The lowest BCUT2D eigenvalue weighted by molar-refractivity contribution is 0.193. The van der Waals surface area contributed by atoms with Crippen LogP contribution in [-0.4, -0.2) is 17.7 Å². The van der Waals surface area contributed by atoms with Crippen LogP contribution in [0.15, 0.2) is 0 Å². The maximum atomic E-state index is 10.0. The summed E-state index contributed by atoms with van der Waals surface area (Å²) in [7, 11) is 0. The molecule has 0 aromatic carbocycles. The first kappa shape index (κ1) is 12.3. The Labute approximate surface area is 80.5 Å². The van der Waals surface area contributed by atoms with Crippen LogP contribution < -0.4 is 5.32 Å². The molecule has 0 saturated heterocycles. The molecule has 0 saturated carbocycles. The first-order chi connectivity index (χ1) is 6.27. The second-order valence-electron chi connectivity index (χ2n) is 3.29. The molecular formula is C10H20NO2. The number of carboxylic acid groups (broad SMARTS) is 1. The van der Waals surface area contributed by atoms with E-state index in [1.807, 2.05) is 0 Å². The van der Waals surface area contributed by atoms with Crippen LogP contribution in [0.1, 0.15) is 51.9 Å². The quantitative estimate of drug-likeness (QED) is 0.592. The van der Waals surface area contributed by atoms with Crippen molar-refractivity contribution in [3.05, 3.63) is 0 Å². The molecule has 1 radical (unpaired) electrons. The Morgan fingerprint density at radius 3 is 2.15 bits per heavy atom. The van der Waals surface area contributed by atoms with Gasteiger partial charge in [0.2, 0.25) is 0 Å². The average molecular weight is 186 g/mol. The third kappa shape index (κ3) is 11.3. The summed E-state index contributed by atoms with van der Waals surface area (Å²) in [6.45, 7) is 2.68. The average Bonchev–Trinajstić information content (AvgIpc) is 2.09. The van der Waals surface area contributed by atoms with Gasteiger partial charge < -0.3 is 5.11 Å². The molecule has 1 N–H and O–H groups in total. The lowest BCUT2D eigenvalue weighted by Gasteiger charge is -1.99. The molecule has 0 aromatic heterocycles. The fourth-order valence-electron chi connectivity index (χ4n) is 1.24. The molecule has 77 valence electrons. The smallest absolute Gasteiger partial charge is 0.426 e. The molecule has 13 heavy (non-hydrogen) atoms. The van der Waals surface area contributed by atoms with Crippen LogP contribution in [0.5, 0.6) is 0 Å². The zero-order chi connectivity index (χ0) is 9.94. The summed E-state index contributed by atoms with van der Waals surface area (Å²) in [4.78, 5) is 10.0. The van der Waals surface area contributed by atoms with Crippen molar-refractivity contribution in [3.63, 3.8) is 0 Å². The Morgan fingerprint density at radius 2 is 1.62 bits per heavy atom. The molecule has 0 aliphatic heterocycles. The van der Waals surface area contributed by atoms with Crippen molar-refractivity contribution in [1.82, 2.24) is 5.32 Å². The molecule has 0 aliphatic carbocycles. The number of rotatable bonds is 8. The van der Waals surface area contributed by atoms with Crippen LogP contribution >= 0.6 is 0 Å². The van der Waals surface area contributed by atoms with E-state index in [0.717, 1.165) is 12.8 Å². The standard InChI is InChI=1S/C10H20NO2/c1-2-3-4-5-6-7-8-9-11-10(12)13/h2-9H2,1H3,(H,12,13). The maximum absolute atomic E-state index is 10.0. The van der Waals surface area contributed by atoms with Crippen molar-refractivity contribution >= 4 is 6.09 Å². The minimum atomic E-state index is -1.04. The molecule has 3 heteroatoms. The van der Waals surface area contributed by atoms with Crippen LogP contribution in [0.25, 0.3) is 0 Å². The molecule has 0 unspecified atom stereocenters. The van der Waals surface area contributed by atoms with Crippen molar-refractivity contribution in [2.75, 3.05) is 6.54 Å². The Hall–Kier alpha value is -0.730. The summed E-state index contributed by atoms with van der Waals surface area (Å²) in [5, 5.41) is 11.6. The molecule has 1 amide bonds. The zero-order valence-corrected chi connectivity index (χ0v) is 8.46. The van der Waals surface area contributed by atoms with E-state index < -0.39 is 6.09 Å². The molecule has 0 rings (SSSR count). The maximum Gasteiger partial charge on any atom is 0.426 e. The molecule has 0 bridgehead atoms. The Morgan fingerprint density at radius 1 is 1.08 bits per heavy atom. The number of hydrogen-bond donors (Lipinski definition) is 1. The van der Waals surface area contributed by atoms with E-state index in [1.54, 1.807) is 0 Å². The lowest BCUT2D eigenvalue weighted by atomic mass is 10.1. The van der Waals surface area contributed by atoms with E-state index in [9.17, 15) is 4.79 Å². The summed E-state index contributed by atoms with van der Waals surface area (Å²) in [5.41, 5.74) is 0. The lowest BCUT2D eigenvalue weighted by Crippen LogP contribution is -2.13. The molecule has 3 nitrogen and oxygen atoms in total. The number of carbonyl (C=O) groups is 1. The van der Waals surface area contributed by atoms with E-state index in [-0.39, 0.29) is 0 Å². The van der Waals surface area contributed by atoms with Gasteiger partial charge >= 0.3 is 6.09 Å². The van der Waals surface area contributed by atoms with Crippen LogP contribution in [0.2, 0.25) is 0 Å². The summed E-state index contributed by atoms with van der Waals surface area (Å²) in [6.07, 6.45) is 7.39. The van der Waals surface area contributed by atoms with E-state index in [4.69, 9.17) is 5.11 Å². The van der Waals surface area contributed by atoms with Gasteiger partial charge in [-0.3, -0.25) is 0 Å². The molecular weight excluding hydrogens is 166 g/mol. The van der Waals surface area contributed by atoms with E-state index in [1.165, 1.54) is 32.1 Å².